The number of Topliss-reactive ketones (excluding diaryl/α,β-unsaturated/α-hetero) is 2. The first-order valence-electron chi connectivity index (χ1n) is 5.72. The quantitative estimate of drug-likeness (QED) is 0.744. The smallest absolute Gasteiger partial charge is 0.178 e. The zero-order chi connectivity index (χ0) is 13.6. The van der Waals surface area contributed by atoms with Gasteiger partial charge in [-0.2, -0.15) is 0 Å². The summed E-state index contributed by atoms with van der Waals surface area (Å²) in [6, 6.07) is 10.4. The van der Waals surface area contributed by atoms with E-state index in [2.05, 4.69) is 0 Å². The SMILES string of the molecule is O=C1c2ccccc2C(=O)C1c1cc(Cl)ccc1F. The monoisotopic (exact) mass is 274 g/mol. The van der Waals surface area contributed by atoms with E-state index >= 15 is 0 Å². The van der Waals surface area contributed by atoms with Crippen molar-refractivity contribution in [2.45, 2.75) is 5.92 Å². The predicted octanol–water partition coefficient (Wildman–Crippen LogP) is 3.64. The van der Waals surface area contributed by atoms with Crippen molar-refractivity contribution < 1.29 is 14.0 Å². The summed E-state index contributed by atoms with van der Waals surface area (Å²) in [5.74, 6) is -2.46. The molecular weight excluding hydrogens is 267 g/mol. The number of carbonyl (C=O) groups is 2. The molecule has 0 unspecified atom stereocenters. The highest BCUT2D eigenvalue weighted by atomic mass is 35.5. The molecule has 1 aliphatic rings. The molecule has 94 valence electrons. The summed E-state index contributed by atoms with van der Waals surface area (Å²) in [6.45, 7) is 0. The largest absolute Gasteiger partial charge is 0.293 e. The summed E-state index contributed by atoms with van der Waals surface area (Å²) >= 11 is 5.81. The number of halogens is 2. The lowest BCUT2D eigenvalue weighted by molar-refractivity contribution is 0.0888. The molecule has 2 aromatic carbocycles. The van der Waals surface area contributed by atoms with Crippen LogP contribution in [-0.4, -0.2) is 11.6 Å². The number of fused-ring (bicyclic) bond motifs is 1. The van der Waals surface area contributed by atoms with Gasteiger partial charge < -0.3 is 0 Å². The van der Waals surface area contributed by atoms with Gasteiger partial charge in [0.1, 0.15) is 11.7 Å². The van der Waals surface area contributed by atoms with E-state index in [-0.39, 0.29) is 17.1 Å². The van der Waals surface area contributed by atoms with Crippen LogP contribution in [0.2, 0.25) is 5.02 Å². The first kappa shape index (κ1) is 12.1. The van der Waals surface area contributed by atoms with Crippen LogP contribution >= 0.6 is 11.6 Å². The second kappa shape index (κ2) is 4.28. The molecule has 0 aliphatic heterocycles. The standard InChI is InChI=1S/C15H8ClFO2/c16-8-5-6-12(17)11(7-8)13-14(18)9-3-1-2-4-10(9)15(13)19/h1-7,13H. The van der Waals surface area contributed by atoms with Crippen LogP contribution in [0.25, 0.3) is 0 Å². The molecule has 2 aromatic rings. The van der Waals surface area contributed by atoms with Crippen molar-refractivity contribution in [3.8, 4) is 0 Å². The van der Waals surface area contributed by atoms with Crippen LogP contribution in [0.5, 0.6) is 0 Å². The molecule has 0 fully saturated rings. The Morgan fingerprint density at radius 2 is 1.53 bits per heavy atom. The number of benzene rings is 2. The van der Waals surface area contributed by atoms with Gasteiger partial charge in [-0.25, -0.2) is 4.39 Å². The average molecular weight is 275 g/mol. The lowest BCUT2D eigenvalue weighted by atomic mass is 9.94. The minimum absolute atomic E-state index is 0.0405. The molecule has 1 aliphatic carbocycles. The molecule has 0 saturated heterocycles. The molecule has 19 heavy (non-hydrogen) atoms. The Balaban J connectivity index is 2.17. The Kier molecular flexibility index (Phi) is 2.72. The lowest BCUT2D eigenvalue weighted by Crippen LogP contribution is -2.14. The third-order valence-corrected chi connectivity index (χ3v) is 3.49. The Bertz CT molecular complexity index is 674. The zero-order valence-corrected chi connectivity index (χ0v) is 10.4. The molecule has 0 atom stereocenters. The van der Waals surface area contributed by atoms with Gasteiger partial charge in [0.15, 0.2) is 11.6 Å². The van der Waals surface area contributed by atoms with Crippen LogP contribution in [0.3, 0.4) is 0 Å². The molecule has 0 N–H and O–H groups in total. The maximum Gasteiger partial charge on any atom is 0.178 e. The van der Waals surface area contributed by atoms with Gasteiger partial charge >= 0.3 is 0 Å². The van der Waals surface area contributed by atoms with Crippen molar-refractivity contribution in [2.75, 3.05) is 0 Å². The number of ketones is 2. The number of hydrogen-bond acceptors (Lipinski definition) is 2. The molecule has 3 rings (SSSR count). The highest BCUT2D eigenvalue weighted by Crippen LogP contribution is 2.35. The fraction of sp³-hybridized carbons (Fsp3) is 0.0667. The number of rotatable bonds is 1. The summed E-state index contributed by atoms with van der Waals surface area (Å²) in [4.78, 5) is 24.5. The summed E-state index contributed by atoms with van der Waals surface area (Å²) in [5, 5.41) is 0.299. The second-order valence-corrected chi connectivity index (χ2v) is 4.81. The Morgan fingerprint density at radius 1 is 0.947 bits per heavy atom. The molecular formula is C15H8ClFO2. The minimum atomic E-state index is -1.11. The van der Waals surface area contributed by atoms with E-state index in [1.165, 1.54) is 18.2 Å². The number of carbonyl (C=O) groups excluding carboxylic acids is 2. The molecule has 0 amide bonds. The van der Waals surface area contributed by atoms with Crippen molar-refractivity contribution in [2.24, 2.45) is 0 Å². The van der Waals surface area contributed by atoms with E-state index in [0.29, 0.717) is 16.1 Å². The molecule has 0 saturated carbocycles. The molecule has 0 spiro atoms. The summed E-state index contributed by atoms with van der Waals surface area (Å²) in [7, 11) is 0. The summed E-state index contributed by atoms with van der Waals surface area (Å²) in [6.07, 6.45) is 0. The molecule has 0 aromatic heterocycles. The summed E-state index contributed by atoms with van der Waals surface area (Å²) in [5.41, 5.74) is 0.729. The average Bonchev–Trinajstić information content (AvgIpc) is 2.66. The maximum absolute atomic E-state index is 13.8. The Morgan fingerprint density at radius 3 is 2.11 bits per heavy atom. The van der Waals surface area contributed by atoms with E-state index in [4.69, 9.17) is 11.6 Å². The van der Waals surface area contributed by atoms with Crippen molar-refractivity contribution >= 4 is 23.2 Å². The van der Waals surface area contributed by atoms with E-state index in [1.54, 1.807) is 24.3 Å². The van der Waals surface area contributed by atoms with Crippen molar-refractivity contribution in [1.82, 2.24) is 0 Å². The van der Waals surface area contributed by atoms with Crippen LogP contribution in [0, 0.1) is 5.82 Å². The van der Waals surface area contributed by atoms with E-state index < -0.39 is 11.7 Å². The van der Waals surface area contributed by atoms with Gasteiger partial charge in [-0.1, -0.05) is 35.9 Å². The highest BCUT2D eigenvalue weighted by Gasteiger charge is 2.40. The van der Waals surface area contributed by atoms with Crippen LogP contribution in [0.1, 0.15) is 32.2 Å². The fourth-order valence-electron chi connectivity index (χ4n) is 2.36. The van der Waals surface area contributed by atoms with Gasteiger partial charge in [0.25, 0.3) is 0 Å². The molecule has 0 radical (unpaired) electrons. The van der Waals surface area contributed by atoms with Gasteiger partial charge in [0, 0.05) is 21.7 Å². The molecule has 0 heterocycles. The minimum Gasteiger partial charge on any atom is -0.293 e. The van der Waals surface area contributed by atoms with Crippen LogP contribution in [0.4, 0.5) is 4.39 Å². The zero-order valence-electron chi connectivity index (χ0n) is 9.69. The van der Waals surface area contributed by atoms with Crippen LogP contribution in [0.15, 0.2) is 42.5 Å². The van der Waals surface area contributed by atoms with Gasteiger partial charge in [-0.05, 0) is 18.2 Å². The van der Waals surface area contributed by atoms with Gasteiger partial charge in [-0.15, -0.1) is 0 Å². The van der Waals surface area contributed by atoms with Gasteiger partial charge in [-0.3, -0.25) is 9.59 Å². The number of hydrogen-bond donors (Lipinski definition) is 0. The Hall–Kier alpha value is -2.00. The first-order chi connectivity index (χ1) is 9.09. The molecule has 2 nitrogen and oxygen atoms in total. The predicted molar refractivity (Wildman–Crippen MR) is 69.3 cm³/mol. The Labute approximate surface area is 113 Å². The molecule has 0 bridgehead atoms. The van der Waals surface area contributed by atoms with Crippen molar-refractivity contribution in [1.29, 1.82) is 0 Å². The second-order valence-electron chi connectivity index (χ2n) is 4.37. The topological polar surface area (TPSA) is 34.1 Å². The van der Waals surface area contributed by atoms with E-state index in [1.807, 2.05) is 0 Å². The van der Waals surface area contributed by atoms with Crippen LogP contribution < -0.4 is 0 Å². The summed E-state index contributed by atoms with van der Waals surface area (Å²) < 4.78 is 13.8. The third-order valence-electron chi connectivity index (χ3n) is 3.25. The van der Waals surface area contributed by atoms with E-state index in [0.717, 1.165) is 0 Å². The third kappa shape index (κ3) is 1.78. The van der Waals surface area contributed by atoms with Crippen molar-refractivity contribution in [3.63, 3.8) is 0 Å². The van der Waals surface area contributed by atoms with Gasteiger partial charge in [0.2, 0.25) is 0 Å². The first-order valence-corrected chi connectivity index (χ1v) is 6.10. The fourth-order valence-corrected chi connectivity index (χ4v) is 2.54. The van der Waals surface area contributed by atoms with Gasteiger partial charge in [0.05, 0.1) is 0 Å². The normalized spacial score (nSPS) is 14.8. The van der Waals surface area contributed by atoms with Crippen LogP contribution in [-0.2, 0) is 0 Å². The lowest BCUT2D eigenvalue weighted by Gasteiger charge is -2.08. The van der Waals surface area contributed by atoms with E-state index in [9.17, 15) is 14.0 Å². The molecule has 4 heteroatoms. The highest BCUT2D eigenvalue weighted by molar-refractivity contribution is 6.32. The maximum atomic E-state index is 13.8. The van der Waals surface area contributed by atoms with Crippen molar-refractivity contribution in [3.05, 3.63) is 70.0 Å².